The van der Waals surface area contributed by atoms with Crippen molar-refractivity contribution in [3.8, 4) is 11.5 Å². The highest BCUT2D eigenvalue weighted by Crippen LogP contribution is 2.15. The molecule has 0 unspecified atom stereocenters. The molecular weight excluding hydrogens is 184 g/mol. The molecule has 1 aromatic carbocycles. The van der Waals surface area contributed by atoms with E-state index in [1.165, 1.54) is 19.1 Å². The van der Waals surface area contributed by atoms with Crippen LogP contribution in [0.15, 0.2) is 24.3 Å². The van der Waals surface area contributed by atoms with Gasteiger partial charge in [0.05, 0.1) is 0 Å². The van der Waals surface area contributed by atoms with Gasteiger partial charge in [-0.05, 0) is 24.3 Å². The van der Waals surface area contributed by atoms with Gasteiger partial charge in [0.25, 0.3) is 0 Å². The van der Waals surface area contributed by atoms with Crippen molar-refractivity contribution in [2.24, 2.45) is 0 Å². The number of carbonyl (C=O) groups is 1. The first kappa shape index (κ1) is 10.4. The number of aromatic hydroxyl groups is 1. The van der Waals surface area contributed by atoms with Gasteiger partial charge in [0, 0.05) is 6.92 Å². The van der Waals surface area contributed by atoms with E-state index in [9.17, 15) is 4.79 Å². The maximum atomic E-state index is 10.4. The standard InChI is InChI=1S/C10H12O4/c1-8(11)13-6-7-14-10-4-2-9(12)3-5-10/h2-5,12H,6-7H2,1H3. The van der Waals surface area contributed by atoms with Crippen LogP contribution in [0, 0.1) is 0 Å². The van der Waals surface area contributed by atoms with Gasteiger partial charge < -0.3 is 14.6 Å². The van der Waals surface area contributed by atoms with E-state index in [1.807, 2.05) is 0 Å². The van der Waals surface area contributed by atoms with Gasteiger partial charge in [0.2, 0.25) is 0 Å². The van der Waals surface area contributed by atoms with Crippen LogP contribution in [0.3, 0.4) is 0 Å². The second-order valence-electron chi connectivity index (χ2n) is 2.68. The Morgan fingerprint density at radius 3 is 2.50 bits per heavy atom. The number of carbonyl (C=O) groups excluding carboxylic acids is 1. The summed E-state index contributed by atoms with van der Waals surface area (Å²) in [5, 5.41) is 8.98. The van der Waals surface area contributed by atoms with Crippen molar-refractivity contribution in [1.29, 1.82) is 0 Å². The lowest BCUT2D eigenvalue weighted by molar-refractivity contribution is -0.141. The number of hydrogen-bond donors (Lipinski definition) is 1. The predicted octanol–water partition coefficient (Wildman–Crippen LogP) is 1.33. The summed E-state index contributed by atoms with van der Waals surface area (Å²) in [6, 6.07) is 6.34. The number of hydrogen-bond acceptors (Lipinski definition) is 4. The maximum absolute atomic E-state index is 10.4. The molecule has 76 valence electrons. The smallest absolute Gasteiger partial charge is 0.302 e. The zero-order chi connectivity index (χ0) is 10.4. The molecule has 0 aliphatic heterocycles. The predicted molar refractivity (Wildman–Crippen MR) is 50.2 cm³/mol. The Hall–Kier alpha value is -1.71. The topological polar surface area (TPSA) is 55.8 Å². The summed E-state index contributed by atoms with van der Waals surface area (Å²) < 4.78 is 9.90. The minimum atomic E-state index is -0.320. The first-order valence-corrected chi connectivity index (χ1v) is 4.23. The van der Waals surface area contributed by atoms with Gasteiger partial charge in [-0.3, -0.25) is 4.79 Å². The van der Waals surface area contributed by atoms with E-state index in [-0.39, 0.29) is 18.3 Å². The lowest BCUT2D eigenvalue weighted by atomic mass is 10.3. The van der Waals surface area contributed by atoms with Gasteiger partial charge in [-0.2, -0.15) is 0 Å². The molecule has 4 heteroatoms. The van der Waals surface area contributed by atoms with Crippen LogP contribution in [0.5, 0.6) is 11.5 Å². The largest absolute Gasteiger partial charge is 0.508 e. The monoisotopic (exact) mass is 196 g/mol. The number of phenolic OH excluding ortho intramolecular Hbond substituents is 1. The molecule has 0 bridgehead atoms. The Labute approximate surface area is 82.1 Å². The van der Waals surface area contributed by atoms with Gasteiger partial charge in [0.15, 0.2) is 0 Å². The molecule has 0 aliphatic rings. The molecule has 0 fully saturated rings. The second kappa shape index (κ2) is 5.11. The fourth-order valence-electron chi connectivity index (χ4n) is 0.887. The molecule has 0 aromatic heterocycles. The lowest BCUT2D eigenvalue weighted by Crippen LogP contribution is -2.09. The molecule has 4 nitrogen and oxygen atoms in total. The normalized spacial score (nSPS) is 9.50. The quantitative estimate of drug-likeness (QED) is 0.583. The number of rotatable bonds is 4. The maximum Gasteiger partial charge on any atom is 0.302 e. The van der Waals surface area contributed by atoms with E-state index in [0.717, 1.165) is 0 Å². The number of esters is 1. The third-order valence-electron chi connectivity index (χ3n) is 1.49. The lowest BCUT2D eigenvalue weighted by Gasteiger charge is -2.05. The van der Waals surface area contributed by atoms with E-state index in [4.69, 9.17) is 9.84 Å². The fourth-order valence-corrected chi connectivity index (χ4v) is 0.887. The number of ether oxygens (including phenoxy) is 2. The fraction of sp³-hybridized carbons (Fsp3) is 0.300. The summed E-state index contributed by atoms with van der Waals surface area (Å²) in [6.45, 7) is 1.89. The third kappa shape index (κ3) is 3.80. The van der Waals surface area contributed by atoms with Crippen LogP contribution in [0.2, 0.25) is 0 Å². The van der Waals surface area contributed by atoms with Crippen LogP contribution in [-0.2, 0) is 9.53 Å². The SMILES string of the molecule is CC(=O)OCCOc1ccc(O)cc1. The minimum Gasteiger partial charge on any atom is -0.508 e. The van der Waals surface area contributed by atoms with Crippen molar-refractivity contribution in [1.82, 2.24) is 0 Å². The van der Waals surface area contributed by atoms with Crippen molar-refractivity contribution in [3.05, 3.63) is 24.3 Å². The van der Waals surface area contributed by atoms with Crippen LogP contribution in [0.4, 0.5) is 0 Å². The summed E-state index contributed by atoms with van der Waals surface area (Å²) in [5.41, 5.74) is 0. The van der Waals surface area contributed by atoms with Crippen molar-refractivity contribution in [2.75, 3.05) is 13.2 Å². The molecule has 0 atom stereocenters. The van der Waals surface area contributed by atoms with Crippen LogP contribution in [0.1, 0.15) is 6.92 Å². The van der Waals surface area contributed by atoms with Crippen LogP contribution >= 0.6 is 0 Å². The molecule has 0 radical (unpaired) electrons. The first-order chi connectivity index (χ1) is 6.68. The molecule has 0 saturated heterocycles. The van der Waals surface area contributed by atoms with E-state index in [2.05, 4.69) is 4.74 Å². The van der Waals surface area contributed by atoms with E-state index < -0.39 is 0 Å². The average molecular weight is 196 g/mol. The molecule has 14 heavy (non-hydrogen) atoms. The van der Waals surface area contributed by atoms with E-state index >= 15 is 0 Å². The third-order valence-corrected chi connectivity index (χ3v) is 1.49. The highest BCUT2D eigenvalue weighted by molar-refractivity contribution is 5.65. The van der Waals surface area contributed by atoms with Gasteiger partial charge in [0.1, 0.15) is 24.7 Å². The van der Waals surface area contributed by atoms with Gasteiger partial charge in [-0.25, -0.2) is 0 Å². The summed E-state index contributed by atoms with van der Waals surface area (Å²) in [4.78, 5) is 10.4. The van der Waals surface area contributed by atoms with Crippen LogP contribution in [0.25, 0.3) is 0 Å². The van der Waals surface area contributed by atoms with Crippen LogP contribution < -0.4 is 4.74 Å². The first-order valence-electron chi connectivity index (χ1n) is 4.23. The summed E-state index contributed by atoms with van der Waals surface area (Å²) >= 11 is 0. The Kier molecular flexibility index (Phi) is 3.79. The molecule has 0 aliphatic carbocycles. The summed E-state index contributed by atoms with van der Waals surface area (Å²) in [7, 11) is 0. The van der Waals surface area contributed by atoms with Gasteiger partial charge >= 0.3 is 5.97 Å². The zero-order valence-electron chi connectivity index (χ0n) is 7.90. The summed E-state index contributed by atoms with van der Waals surface area (Å²) in [5.74, 6) is 0.506. The number of phenols is 1. The van der Waals surface area contributed by atoms with E-state index in [0.29, 0.717) is 12.4 Å². The van der Waals surface area contributed by atoms with Gasteiger partial charge in [-0.15, -0.1) is 0 Å². The molecule has 0 spiro atoms. The molecule has 1 aromatic rings. The van der Waals surface area contributed by atoms with Crippen molar-refractivity contribution < 1.29 is 19.4 Å². The average Bonchev–Trinajstić information content (AvgIpc) is 2.15. The molecule has 0 heterocycles. The Balaban J connectivity index is 2.25. The molecule has 0 amide bonds. The van der Waals surface area contributed by atoms with Crippen LogP contribution in [-0.4, -0.2) is 24.3 Å². The Morgan fingerprint density at radius 2 is 1.93 bits per heavy atom. The minimum absolute atomic E-state index is 0.192. The van der Waals surface area contributed by atoms with Crippen molar-refractivity contribution in [3.63, 3.8) is 0 Å². The Morgan fingerprint density at radius 1 is 1.29 bits per heavy atom. The van der Waals surface area contributed by atoms with E-state index in [1.54, 1.807) is 12.1 Å². The zero-order valence-corrected chi connectivity index (χ0v) is 7.90. The Bertz CT molecular complexity index is 291. The second-order valence-corrected chi connectivity index (χ2v) is 2.68. The summed E-state index contributed by atoms with van der Waals surface area (Å²) in [6.07, 6.45) is 0. The van der Waals surface area contributed by atoms with Crippen molar-refractivity contribution in [2.45, 2.75) is 6.92 Å². The van der Waals surface area contributed by atoms with Gasteiger partial charge in [-0.1, -0.05) is 0 Å². The highest BCUT2D eigenvalue weighted by atomic mass is 16.6. The molecule has 1 rings (SSSR count). The molecule has 0 saturated carbocycles. The molecular formula is C10H12O4. The highest BCUT2D eigenvalue weighted by Gasteiger charge is 1.95. The number of benzene rings is 1. The van der Waals surface area contributed by atoms with Crippen molar-refractivity contribution >= 4 is 5.97 Å². The molecule has 1 N–H and O–H groups in total.